The van der Waals surface area contributed by atoms with Gasteiger partial charge in [-0.1, -0.05) is 12.1 Å². The number of fused-ring (bicyclic) bond motifs is 3. The SMILES string of the molecule is COC(=O)C12CCC(N3CN(S(=O)(=O)c4cccc(C(F)(F)F)c4)c4cc(-c5cc(F)cc(OC(F)F)c5)ccc4C3=O)(CC1)C2. The number of carbonyl (C=O) groups excluding carboxylic acids is 2. The summed E-state index contributed by atoms with van der Waals surface area (Å²) in [7, 11) is -3.52. The number of amides is 1. The Labute approximate surface area is 259 Å². The molecule has 2 bridgehead atoms. The van der Waals surface area contributed by atoms with Crippen LogP contribution in [0.2, 0.25) is 0 Å². The maximum absolute atomic E-state index is 14.4. The third kappa shape index (κ3) is 5.23. The Morgan fingerprint density at radius 1 is 0.957 bits per heavy atom. The number of carbonyl (C=O) groups is 2. The van der Waals surface area contributed by atoms with Crippen LogP contribution in [0, 0.1) is 11.2 Å². The average Bonchev–Trinajstić information content (AvgIpc) is 3.58. The molecule has 0 atom stereocenters. The van der Waals surface area contributed by atoms with Crippen LogP contribution < -0.4 is 9.04 Å². The Balaban J connectivity index is 1.49. The van der Waals surface area contributed by atoms with Crippen molar-refractivity contribution in [2.75, 3.05) is 18.1 Å². The fourth-order valence-electron chi connectivity index (χ4n) is 6.98. The molecule has 2 aliphatic carbocycles. The molecule has 3 aliphatic rings. The Morgan fingerprint density at radius 3 is 2.33 bits per heavy atom. The predicted octanol–water partition coefficient (Wildman–Crippen LogP) is 6.60. The Kier molecular flexibility index (Phi) is 7.53. The van der Waals surface area contributed by atoms with E-state index >= 15 is 0 Å². The topological polar surface area (TPSA) is 93.2 Å². The number of halogens is 6. The Hall–Kier alpha value is -4.27. The lowest BCUT2D eigenvalue weighted by Gasteiger charge is -2.46. The van der Waals surface area contributed by atoms with Crippen LogP contribution in [0.1, 0.15) is 48.0 Å². The molecular formula is C31H26F6N2O6S. The second kappa shape index (κ2) is 10.9. The number of rotatable bonds is 7. The first-order valence-electron chi connectivity index (χ1n) is 14.1. The molecule has 2 saturated carbocycles. The van der Waals surface area contributed by atoms with Crippen molar-refractivity contribution < 1.29 is 53.8 Å². The van der Waals surface area contributed by atoms with Gasteiger partial charge in [0.15, 0.2) is 0 Å². The van der Waals surface area contributed by atoms with Crippen LogP contribution in [-0.2, 0) is 25.7 Å². The fourth-order valence-corrected chi connectivity index (χ4v) is 8.44. The standard InChI is InChI=1S/C31H26F6N2O6S/c1-44-27(41)29-7-9-30(16-29,10-8-29)38-17-39(46(42,43)23-4-2-3-20(14-23)31(35,36)37)25-13-18(5-6-24(25)26(38)40)19-11-21(32)15-22(12-19)45-28(33)34/h2-6,11-15,28H,7-10,16-17H2,1H3. The van der Waals surface area contributed by atoms with E-state index in [-0.39, 0.29) is 28.8 Å². The van der Waals surface area contributed by atoms with Gasteiger partial charge in [-0.05, 0) is 85.7 Å². The number of alkyl halides is 5. The van der Waals surface area contributed by atoms with E-state index in [2.05, 4.69) is 4.74 Å². The Bertz CT molecular complexity index is 1840. The van der Waals surface area contributed by atoms with Gasteiger partial charge in [0.05, 0.1) is 34.2 Å². The second-order valence-corrected chi connectivity index (χ2v) is 13.6. The van der Waals surface area contributed by atoms with Crippen LogP contribution >= 0.6 is 0 Å². The number of methoxy groups -OCH3 is 1. The normalized spacial score (nSPS) is 22.7. The van der Waals surface area contributed by atoms with Gasteiger partial charge in [0.25, 0.3) is 15.9 Å². The van der Waals surface area contributed by atoms with Gasteiger partial charge >= 0.3 is 18.8 Å². The summed E-state index contributed by atoms with van der Waals surface area (Å²) in [5, 5.41) is 0. The van der Waals surface area contributed by atoms with Gasteiger partial charge in [-0.2, -0.15) is 22.0 Å². The van der Waals surface area contributed by atoms with Gasteiger partial charge in [-0.15, -0.1) is 0 Å². The fraction of sp³-hybridized carbons (Fsp3) is 0.355. The van der Waals surface area contributed by atoms with Crippen LogP contribution in [0.15, 0.2) is 65.6 Å². The number of benzene rings is 3. The molecule has 0 spiro atoms. The van der Waals surface area contributed by atoms with Crippen LogP contribution in [0.3, 0.4) is 0 Å². The number of nitrogens with zero attached hydrogens (tertiary/aromatic N) is 2. The number of esters is 1. The largest absolute Gasteiger partial charge is 0.469 e. The Morgan fingerprint density at radius 2 is 1.67 bits per heavy atom. The predicted molar refractivity (Wildman–Crippen MR) is 151 cm³/mol. The monoisotopic (exact) mass is 668 g/mol. The summed E-state index contributed by atoms with van der Waals surface area (Å²) in [6, 6.07) is 9.89. The van der Waals surface area contributed by atoms with E-state index in [1.165, 1.54) is 30.2 Å². The molecule has 0 unspecified atom stereocenters. The summed E-state index contributed by atoms with van der Waals surface area (Å²) in [4.78, 5) is 27.4. The molecular weight excluding hydrogens is 642 g/mol. The van der Waals surface area contributed by atoms with Gasteiger partial charge in [-0.3, -0.25) is 9.59 Å². The van der Waals surface area contributed by atoms with Gasteiger partial charge in [0, 0.05) is 11.6 Å². The van der Waals surface area contributed by atoms with Gasteiger partial charge in [0.2, 0.25) is 0 Å². The minimum atomic E-state index is -4.85. The maximum Gasteiger partial charge on any atom is 0.416 e. The van der Waals surface area contributed by atoms with E-state index in [0.717, 1.165) is 40.7 Å². The third-order valence-corrected chi connectivity index (χ3v) is 10.9. The highest BCUT2D eigenvalue weighted by molar-refractivity contribution is 7.92. The molecule has 0 radical (unpaired) electrons. The van der Waals surface area contributed by atoms with Crippen molar-refractivity contribution in [3.05, 3.63) is 77.6 Å². The van der Waals surface area contributed by atoms with E-state index in [0.29, 0.717) is 31.7 Å². The van der Waals surface area contributed by atoms with Gasteiger partial charge in [-0.25, -0.2) is 17.1 Å². The molecule has 46 heavy (non-hydrogen) atoms. The van der Waals surface area contributed by atoms with E-state index < -0.39 is 74.3 Å². The van der Waals surface area contributed by atoms with Crippen molar-refractivity contribution >= 4 is 27.6 Å². The molecule has 0 N–H and O–H groups in total. The highest BCUT2D eigenvalue weighted by atomic mass is 32.2. The molecule has 0 aromatic heterocycles. The second-order valence-electron chi connectivity index (χ2n) is 11.7. The zero-order chi connectivity index (χ0) is 33.2. The molecule has 8 nitrogen and oxygen atoms in total. The average molecular weight is 669 g/mol. The number of hydrogen-bond donors (Lipinski definition) is 0. The molecule has 15 heteroatoms. The third-order valence-electron chi connectivity index (χ3n) is 9.19. The highest BCUT2D eigenvalue weighted by Crippen LogP contribution is 2.60. The molecule has 3 aromatic rings. The first-order valence-corrected chi connectivity index (χ1v) is 15.5. The smallest absolute Gasteiger partial charge is 0.416 e. The van der Waals surface area contributed by atoms with Crippen molar-refractivity contribution in [2.45, 2.75) is 55.3 Å². The molecule has 1 amide bonds. The molecule has 244 valence electrons. The van der Waals surface area contributed by atoms with Crippen LogP contribution in [0.4, 0.5) is 32.0 Å². The zero-order valence-electron chi connectivity index (χ0n) is 24.1. The molecule has 1 heterocycles. The number of sulfonamides is 1. The number of anilines is 1. The quantitative estimate of drug-likeness (QED) is 0.208. The van der Waals surface area contributed by atoms with Crippen LogP contribution in [-0.4, -0.2) is 51.1 Å². The first kappa shape index (κ1) is 31.7. The van der Waals surface area contributed by atoms with E-state index in [4.69, 9.17) is 4.74 Å². The minimum absolute atomic E-state index is 0.0118. The molecule has 0 saturated heterocycles. The molecule has 1 aliphatic heterocycles. The molecule has 6 rings (SSSR count). The molecule has 2 fully saturated rings. The lowest BCUT2D eigenvalue weighted by Crippen LogP contribution is -2.58. The van der Waals surface area contributed by atoms with Crippen LogP contribution in [0.25, 0.3) is 11.1 Å². The van der Waals surface area contributed by atoms with Crippen molar-refractivity contribution in [1.29, 1.82) is 0 Å². The van der Waals surface area contributed by atoms with Crippen molar-refractivity contribution in [1.82, 2.24) is 4.90 Å². The first-order chi connectivity index (χ1) is 21.6. The van der Waals surface area contributed by atoms with Crippen LogP contribution in [0.5, 0.6) is 5.75 Å². The van der Waals surface area contributed by atoms with Gasteiger partial charge < -0.3 is 14.4 Å². The van der Waals surface area contributed by atoms with E-state index in [9.17, 15) is 44.3 Å². The van der Waals surface area contributed by atoms with E-state index in [1.807, 2.05) is 0 Å². The highest BCUT2D eigenvalue weighted by Gasteiger charge is 2.63. The number of hydrogen-bond acceptors (Lipinski definition) is 6. The molecule has 3 aromatic carbocycles. The van der Waals surface area contributed by atoms with Crippen molar-refractivity contribution in [2.24, 2.45) is 5.41 Å². The minimum Gasteiger partial charge on any atom is -0.469 e. The maximum atomic E-state index is 14.4. The van der Waals surface area contributed by atoms with Crippen molar-refractivity contribution in [3.63, 3.8) is 0 Å². The summed E-state index contributed by atoms with van der Waals surface area (Å²) in [5.74, 6) is -2.44. The summed E-state index contributed by atoms with van der Waals surface area (Å²) < 4.78 is 119. The summed E-state index contributed by atoms with van der Waals surface area (Å²) in [5.41, 5.74) is -3.16. The summed E-state index contributed by atoms with van der Waals surface area (Å²) >= 11 is 0. The van der Waals surface area contributed by atoms with Crippen molar-refractivity contribution in [3.8, 4) is 16.9 Å². The lowest BCUT2D eigenvalue weighted by molar-refractivity contribution is -0.152. The lowest BCUT2D eigenvalue weighted by atomic mass is 9.84. The summed E-state index contributed by atoms with van der Waals surface area (Å²) in [6.07, 6.45) is -3.08. The number of ether oxygens (including phenoxy) is 2. The summed E-state index contributed by atoms with van der Waals surface area (Å²) in [6.45, 7) is -3.84. The van der Waals surface area contributed by atoms with E-state index in [1.54, 1.807) is 0 Å². The van der Waals surface area contributed by atoms with Gasteiger partial charge in [0.1, 0.15) is 18.2 Å². The zero-order valence-corrected chi connectivity index (χ0v) is 24.9.